The van der Waals surface area contributed by atoms with Crippen LogP contribution in [0.15, 0.2) is 23.1 Å². The Bertz CT molecular complexity index is 1030. The first kappa shape index (κ1) is 20.7. The Kier molecular flexibility index (Phi) is 5.27. The number of aliphatic hydroxyl groups is 1. The summed E-state index contributed by atoms with van der Waals surface area (Å²) >= 11 is 0. The van der Waals surface area contributed by atoms with Crippen LogP contribution >= 0.6 is 0 Å². The predicted molar refractivity (Wildman–Crippen MR) is 109 cm³/mol. The third-order valence-electron chi connectivity index (χ3n) is 5.64. The first-order valence-electron chi connectivity index (χ1n) is 10.2. The maximum Gasteiger partial charge on any atom is 0.408 e. The maximum absolute atomic E-state index is 14.6. The van der Waals surface area contributed by atoms with Gasteiger partial charge in [-0.05, 0) is 33.3 Å². The molecular formula is C21H27FN4O4. The van der Waals surface area contributed by atoms with Crippen molar-refractivity contribution in [2.45, 2.75) is 57.4 Å². The third kappa shape index (κ3) is 4.04. The van der Waals surface area contributed by atoms with E-state index in [1.54, 1.807) is 31.4 Å². The van der Waals surface area contributed by atoms with Gasteiger partial charge in [0.05, 0.1) is 29.4 Å². The lowest BCUT2D eigenvalue weighted by Gasteiger charge is -2.37. The van der Waals surface area contributed by atoms with Crippen LogP contribution in [0.1, 0.15) is 38.7 Å². The van der Waals surface area contributed by atoms with Crippen molar-refractivity contribution in [1.29, 1.82) is 0 Å². The van der Waals surface area contributed by atoms with Crippen molar-refractivity contribution in [3.05, 3.63) is 40.1 Å². The Morgan fingerprint density at radius 1 is 1.37 bits per heavy atom. The Labute approximate surface area is 173 Å². The molecule has 1 amide bonds. The van der Waals surface area contributed by atoms with Crippen LogP contribution in [0.4, 0.5) is 9.18 Å². The first-order valence-corrected chi connectivity index (χ1v) is 10.2. The highest BCUT2D eigenvalue weighted by atomic mass is 19.1. The van der Waals surface area contributed by atoms with Crippen LogP contribution in [0.2, 0.25) is 0 Å². The SMILES string of the molecule is CC(C)(C)OC(=O)NC1CN(CC2Cn3c(=O)ccc4ncc(F)c2c43)CC[C@H]1O. The predicted octanol–water partition coefficient (Wildman–Crippen LogP) is 1.59. The minimum absolute atomic E-state index is 0.169. The quantitative estimate of drug-likeness (QED) is 0.786. The summed E-state index contributed by atoms with van der Waals surface area (Å²) in [6.07, 6.45) is 0.433. The van der Waals surface area contributed by atoms with Crippen molar-refractivity contribution < 1.29 is 19.0 Å². The van der Waals surface area contributed by atoms with E-state index in [-0.39, 0.29) is 11.5 Å². The summed E-state index contributed by atoms with van der Waals surface area (Å²) in [6.45, 7) is 7.26. The molecule has 3 atom stereocenters. The minimum Gasteiger partial charge on any atom is -0.444 e. The van der Waals surface area contributed by atoms with E-state index in [1.165, 1.54) is 12.3 Å². The van der Waals surface area contributed by atoms with Crippen molar-refractivity contribution in [2.75, 3.05) is 19.6 Å². The number of ether oxygens (including phenoxy) is 1. The summed E-state index contributed by atoms with van der Waals surface area (Å²) in [5.41, 5.74) is 0.883. The fraction of sp³-hybridized carbons (Fsp3) is 0.571. The molecule has 2 aliphatic rings. The van der Waals surface area contributed by atoms with E-state index in [0.717, 1.165) is 0 Å². The summed E-state index contributed by atoms with van der Waals surface area (Å²) in [5.74, 6) is -0.618. The van der Waals surface area contributed by atoms with E-state index < -0.39 is 29.7 Å². The van der Waals surface area contributed by atoms with E-state index in [2.05, 4.69) is 15.2 Å². The largest absolute Gasteiger partial charge is 0.444 e. The van der Waals surface area contributed by atoms with Gasteiger partial charge in [0.1, 0.15) is 11.4 Å². The minimum atomic E-state index is -0.679. The number of halogens is 1. The molecule has 0 aromatic carbocycles. The Balaban J connectivity index is 1.49. The molecule has 30 heavy (non-hydrogen) atoms. The van der Waals surface area contributed by atoms with Crippen LogP contribution < -0.4 is 10.9 Å². The fourth-order valence-electron chi connectivity index (χ4n) is 4.38. The van der Waals surface area contributed by atoms with Crippen molar-refractivity contribution in [2.24, 2.45) is 0 Å². The van der Waals surface area contributed by atoms with Gasteiger partial charge in [0.2, 0.25) is 0 Å². The highest BCUT2D eigenvalue weighted by Gasteiger charge is 2.35. The van der Waals surface area contributed by atoms with Crippen LogP contribution in [0.3, 0.4) is 0 Å². The summed E-state index contributed by atoms with van der Waals surface area (Å²) in [6, 6.07) is 2.59. The number of likely N-dealkylation sites (tertiary alicyclic amines) is 1. The molecule has 2 aliphatic heterocycles. The zero-order valence-electron chi connectivity index (χ0n) is 17.4. The topological polar surface area (TPSA) is 96.7 Å². The first-order chi connectivity index (χ1) is 14.1. The number of nitrogens with one attached hydrogen (secondary N) is 1. The fourth-order valence-corrected chi connectivity index (χ4v) is 4.38. The molecule has 0 aliphatic carbocycles. The molecule has 162 valence electrons. The molecule has 2 aromatic rings. The van der Waals surface area contributed by atoms with Gasteiger partial charge in [0, 0.05) is 43.7 Å². The molecule has 2 aromatic heterocycles. The highest BCUT2D eigenvalue weighted by molar-refractivity contribution is 5.80. The second-order valence-corrected chi connectivity index (χ2v) is 9.10. The molecule has 1 fully saturated rings. The number of aromatic nitrogens is 2. The van der Waals surface area contributed by atoms with Crippen LogP contribution in [-0.4, -0.2) is 63.0 Å². The number of rotatable bonds is 3. The number of carbonyl (C=O) groups is 1. The molecule has 0 spiro atoms. The van der Waals surface area contributed by atoms with Gasteiger partial charge in [-0.3, -0.25) is 9.78 Å². The Morgan fingerprint density at radius 2 is 2.13 bits per heavy atom. The summed E-state index contributed by atoms with van der Waals surface area (Å²) in [4.78, 5) is 30.6. The van der Waals surface area contributed by atoms with Gasteiger partial charge in [-0.25, -0.2) is 9.18 Å². The van der Waals surface area contributed by atoms with E-state index in [1.807, 2.05) is 0 Å². The molecule has 4 heterocycles. The summed E-state index contributed by atoms with van der Waals surface area (Å²) < 4.78 is 21.5. The standard InChI is InChI=1S/C21H27FN4O4/c1-21(2,3)30-20(29)24-15-11-25(7-6-16(15)27)9-12-10-26-17(28)5-4-14-19(26)18(12)13(22)8-23-14/h4-5,8,12,15-16,27H,6-7,9-11H2,1-3H3,(H,24,29)/t12?,15?,16-/m1/s1. The molecular weight excluding hydrogens is 391 g/mol. The smallest absolute Gasteiger partial charge is 0.408 e. The molecule has 2 unspecified atom stereocenters. The lowest BCUT2D eigenvalue weighted by atomic mass is 9.97. The second-order valence-electron chi connectivity index (χ2n) is 9.10. The van der Waals surface area contributed by atoms with E-state index in [4.69, 9.17) is 4.74 Å². The number of hydrogen-bond donors (Lipinski definition) is 2. The molecule has 2 N–H and O–H groups in total. The summed E-state index contributed by atoms with van der Waals surface area (Å²) in [5, 5.41) is 13.1. The average Bonchev–Trinajstić information content (AvgIpc) is 3.03. The molecule has 0 radical (unpaired) electrons. The number of hydrogen-bond acceptors (Lipinski definition) is 6. The maximum atomic E-state index is 14.6. The molecule has 0 saturated carbocycles. The molecule has 9 heteroatoms. The van der Waals surface area contributed by atoms with Gasteiger partial charge in [-0.1, -0.05) is 0 Å². The van der Waals surface area contributed by atoms with Gasteiger partial charge in [0.25, 0.3) is 5.56 Å². The number of pyridine rings is 2. The van der Waals surface area contributed by atoms with E-state index in [9.17, 15) is 19.1 Å². The average molecular weight is 418 g/mol. The van der Waals surface area contributed by atoms with Gasteiger partial charge < -0.3 is 24.6 Å². The molecule has 1 saturated heterocycles. The van der Waals surface area contributed by atoms with Gasteiger partial charge >= 0.3 is 6.09 Å². The van der Waals surface area contributed by atoms with Gasteiger partial charge in [0.15, 0.2) is 0 Å². The van der Waals surface area contributed by atoms with Crippen molar-refractivity contribution in [1.82, 2.24) is 19.8 Å². The number of aliphatic hydroxyl groups excluding tert-OH is 1. The summed E-state index contributed by atoms with van der Waals surface area (Å²) in [7, 11) is 0. The molecule has 8 nitrogen and oxygen atoms in total. The van der Waals surface area contributed by atoms with Crippen molar-refractivity contribution in [3.63, 3.8) is 0 Å². The normalized spacial score (nSPS) is 24.2. The Morgan fingerprint density at radius 3 is 2.87 bits per heavy atom. The zero-order chi connectivity index (χ0) is 21.6. The lowest BCUT2D eigenvalue weighted by molar-refractivity contribution is 0.0212. The molecule has 0 bridgehead atoms. The third-order valence-corrected chi connectivity index (χ3v) is 5.64. The second kappa shape index (κ2) is 7.63. The number of amides is 1. The van der Waals surface area contributed by atoms with Gasteiger partial charge in [-0.15, -0.1) is 0 Å². The number of nitrogens with zero attached hydrogens (tertiary/aromatic N) is 3. The Hall–Kier alpha value is -2.52. The number of piperidine rings is 1. The monoisotopic (exact) mass is 418 g/mol. The lowest BCUT2D eigenvalue weighted by Crippen LogP contribution is -2.56. The van der Waals surface area contributed by atoms with E-state index in [0.29, 0.717) is 49.2 Å². The van der Waals surface area contributed by atoms with Gasteiger partial charge in [-0.2, -0.15) is 0 Å². The molecule has 4 rings (SSSR count). The van der Waals surface area contributed by atoms with E-state index >= 15 is 0 Å². The zero-order valence-corrected chi connectivity index (χ0v) is 17.4. The number of alkyl carbamates (subject to hydrolysis) is 1. The van der Waals surface area contributed by atoms with Crippen molar-refractivity contribution >= 4 is 17.1 Å². The highest BCUT2D eigenvalue weighted by Crippen LogP contribution is 2.34. The van der Waals surface area contributed by atoms with Crippen LogP contribution in [0.25, 0.3) is 11.0 Å². The number of carbonyl (C=O) groups excluding carboxylic acids is 1. The van der Waals surface area contributed by atoms with Crippen LogP contribution in [0.5, 0.6) is 0 Å². The van der Waals surface area contributed by atoms with Crippen LogP contribution in [-0.2, 0) is 11.3 Å². The van der Waals surface area contributed by atoms with Crippen LogP contribution in [0, 0.1) is 5.82 Å². The van der Waals surface area contributed by atoms with Crippen molar-refractivity contribution in [3.8, 4) is 0 Å².